The van der Waals surface area contributed by atoms with Crippen molar-refractivity contribution in [2.75, 3.05) is 21.2 Å². The fourth-order valence-electron chi connectivity index (χ4n) is 6.33. The molecule has 4 nitrogen and oxygen atoms in total. The fraction of sp³-hybridized carbons (Fsp3) is 0.708. The number of rotatable bonds is 6. The molecule has 0 aliphatic heterocycles. The zero-order valence-electron chi connectivity index (χ0n) is 18.4. The van der Waals surface area contributed by atoms with Crippen LogP contribution in [-0.4, -0.2) is 27.2 Å². The number of fused-ring (bicyclic) bond motifs is 1. The Hall–Kier alpha value is -1.55. The van der Waals surface area contributed by atoms with Gasteiger partial charge in [-0.2, -0.15) is 0 Å². The van der Waals surface area contributed by atoms with Crippen molar-refractivity contribution in [3.63, 3.8) is 0 Å². The molecule has 0 radical (unpaired) electrons. The molecule has 0 spiro atoms. The number of furan rings is 1. The molecular weight excluding hydrogens is 350 g/mol. The summed E-state index contributed by atoms with van der Waals surface area (Å²) in [5.74, 6) is 1.89. The van der Waals surface area contributed by atoms with Crippen LogP contribution in [0, 0.1) is 22.7 Å². The average molecular weight is 389 g/mol. The number of hydrogen-bond acceptors (Lipinski definition) is 3. The summed E-state index contributed by atoms with van der Waals surface area (Å²) in [5.41, 5.74) is 2.45. The van der Waals surface area contributed by atoms with Crippen molar-refractivity contribution in [2.24, 2.45) is 22.7 Å². The van der Waals surface area contributed by atoms with E-state index in [9.17, 15) is 4.79 Å². The molecule has 0 aromatic carbocycles. The molecule has 0 bridgehead atoms. The molecule has 3 rings (SSSR count). The first-order valence-electron chi connectivity index (χ1n) is 10.8. The Morgan fingerprint density at radius 2 is 2.11 bits per heavy atom. The van der Waals surface area contributed by atoms with E-state index in [-0.39, 0.29) is 16.8 Å². The molecule has 1 N–H and O–H groups in total. The van der Waals surface area contributed by atoms with Crippen LogP contribution < -0.4 is 4.90 Å². The maximum atomic E-state index is 12.7. The Balaban J connectivity index is 1.82. The number of ether oxygens (including phenoxy) is 1. The van der Waals surface area contributed by atoms with Crippen LogP contribution in [0.5, 0.6) is 0 Å². The van der Waals surface area contributed by atoms with Crippen molar-refractivity contribution in [2.45, 2.75) is 65.3 Å². The lowest BCUT2D eigenvalue weighted by atomic mass is 9.46. The van der Waals surface area contributed by atoms with Gasteiger partial charge in [-0.15, -0.1) is 0 Å². The number of nitrogens with one attached hydrogen (secondary N) is 1. The third kappa shape index (κ3) is 3.68. The maximum absolute atomic E-state index is 12.7. The van der Waals surface area contributed by atoms with Gasteiger partial charge in [-0.05, 0) is 74.3 Å². The molecule has 2 aliphatic rings. The van der Waals surface area contributed by atoms with Gasteiger partial charge in [0.1, 0.15) is 6.54 Å². The van der Waals surface area contributed by atoms with E-state index in [0.717, 1.165) is 50.8 Å². The second-order valence-electron chi connectivity index (χ2n) is 9.86. The van der Waals surface area contributed by atoms with E-state index < -0.39 is 0 Å². The van der Waals surface area contributed by atoms with Gasteiger partial charge in [-0.3, -0.25) is 4.79 Å². The Morgan fingerprint density at radius 3 is 2.79 bits per heavy atom. The minimum absolute atomic E-state index is 0.0271. The normalized spacial score (nSPS) is 33.0. The Kier molecular flexibility index (Phi) is 6.09. The first-order chi connectivity index (χ1) is 13.2. The summed E-state index contributed by atoms with van der Waals surface area (Å²) in [6.07, 6.45) is 9.20. The zero-order chi connectivity index (χ0) is 20.5. The maximum Gasteiger partial charge on any atom is 0.311 e. The van der Waals surface area contributed by atoms with Gasteiger partial charge in [0.05, 0.1) is 32.9 Å². The largest absolute Gasteiger partial charge is 0.469 e. The summed E-state index contributed by atoms with van der Waals surface area (Å²) >= 11 is 0. The number of allylic oxidation sites excluding steroid dienone is 1. The lowest BCUT2D eigenvalue weighted by molar-refractivity contribution is -0.873. The van der Waals surface area contributed by atoms with Gasteiger partial charge in [0, 0.05) is 0 Å². The monoisotopic (exact) mass is 388 g/mol. The third-order valence-electron chi connectivity index (χ3n) is 7.73. The molecule has 2 aliphatic carbocycles. The highest BCUT2D eigenvalue weighted by atomic mass is 16.5. The van der Waals surface area contributed by atoms with Crippen LogP contribution in [0.1, 0.15) is 63.7 Å². The first kappa shape index (κ1) is 21.2. The number of aryl methyl sites for hydroxylation is 1. The van der Waals surface area contributed by atoms with E-state index in [4.69, 9.17) is 9.15 Å². The minimum atomic E-state index is -0.365. The summed E-state index contributed by atoms with van der Waals surface area (Å²) in [5, 5.41) is 0. The van der Waals surface area contributed by atoms with E-state index in [1.807, 2.05) is 6.26 Å². The molecule has 0 amide bonds. The summed E-state index contributed by atoms with van der Waals surface area (Å²) in [6.45, 7) is 9.93. The summed E-state index contributed by atoms with van der Waals surface area (Å²) in [4.78, 5) is 14.1. The van der Waals surface area contributed by atoms with Gasteiger partial charge in [-0.1, -0.05) is 25.5 Å². The first-order valence-corrected chi connectivity index (χ1v) is 10.8. The van der Waals surface area contributed by atoms with Crippen LogP contribution in [0.4, 0.5) is 0 Å². The quantitative estimate of drug-likeness (QED) is 0.595. The number of methoxy groups -OCH3 is 1. The molecule has 28 heavy (non-hydrogen) atoms. The van der Waals surface area contributed by atoms with Crippen LogP contribution in [0.15, 0.2) is 28.9 Å². The molecule has 4 unspecified atom stereocenters. The summed E-state index contributed by atoms with van der Waals surface area (Å²) in [6, 6.07) is 2.13. The van der Waals surface area contributed by atoms with Crippen LogP contribution in [-0.2, 0) is 22.5 Å². The van der Waals surface area contributed by atoms with Gasteiger partial charge in [0.15, 0.2) is 5.76 Å². The Morgan fingerprint density at radius 1 is 1.36 bits per heavy atom. The molecule has 1 aromatic heterocycles. The van der Waals surface area contributed by atoms with Crippen molar-refractivity contribution < 1.29 is 18.8 Å². The van der Waals surface area contributed by atoms with Gasteiger partial charge in [0.2, 0.25) is 0 Å². The van der Waals surface area contributed by atoms with Crippen molar-refractivity contribution in [1.29, 1.82) is 0 Å². The van der Waals surface area contributed by atoms with Crippen molar-refractivity contribution in [3.8, 4) is 0 Å². The van der Waals surface area contributed by atoms with E-state index in [1.165, 1.54) is 29.6 Å². The lowest BCUT2D eigenvalue weighted by Crippen LogP contribution is -3.04. The summed E-state index contributed by atoms with van der Waals surface area (Å²) in [7, 11) is 5.83. The molecule has 4 heteroatoms. The number of quaternary nitrogens is 1. The number of carbonyl (C=O) groups excluding carboxylic acids is 1. The molecule has 1 heterocycles. The van der Waals surface area contributed by atoms with Crippen LogP contribution in [0.2, 0.25) is 0 Å². The van der Waals surface area contributed by atoms with E-state index in [1.54, 1.807) is 0 Å². The van der Waals surface area contributed by atoms with Gasteiger partial charge < -0.3 is 14.1 Å². The highest BCUT2D eigenvalue weighted by Crippen LogP contribution is 2.62. The Bertz CT molecular complexity index is 721. The van der Waals surface area contributed by atoms with Gasteiger partial charge in [-0.25, -0.2) is 0 Å². The van der Waals surface area contributed by atoms with Crippen molar-refractivity contribution >= 4 is 5.97 Å². The molecule has 1 aromatic rings. The molecular formula is C24H38NO3+. The second-order valence-corrected chi connectivity index (χ2v) is 9.86. The smallest absolute Gasteiger partial charge is 0.311 e. The van der Waals surface area contributed by atoms with Crippen molar-refractivity contribution in [1.82, 2.24) is 0 Å². The minimum Gasteiger partial charge on any atom is -0.469 e. The lowest BCUT2D eigenvalue weighted by Gasteiger charge is -2.57. The molecule has 156 valence electrons. The zero-order valence-corrected chi connectivity index (χ0v) is 18.4. The highest BCUT2D eigenvalue weighted by molar-refractivity contribution is 5.77. The number of carbonyl (C=O) groups is 1. The van der Waals surface area contributed by atoms with E-state index in [0.29, 0.717) is 11.8 Å². The standard InChI is InChI=1S/C24H37NO3/c1-17-8-11-21-23(2,13-7-14-24(21,3)22(26)27-6)19(17)10-9-18-12-15-28-20(18)16-25(4)5/h12,15,19,21H,1,7-11,13-14,16H2,2-6H3/p+1. The predicted octanol–water partition coefficient (Wildman–Crippen LogP) is 3.81. The molecule has 2 fully saturated rings. The van der Waals surface area contributed by atoms with E-state index in [2.05, 4.69) is 40.6 Å². The third-order valence-corrected chi connectivity index (χ3v) is 7.73. The topological polar surface area (TPSA) is 43.9 Å². The van der Waals surface area contributed by atoms with Crippen LogP contribution in [0.3, 0.4) is 0 Å². The average Bonchev–Trinajstić information content (AvgIpc) is 3.06. The molecule has 4 atom stereocenters. The predicted molar refractivity (Wildman–Crippen MR) is 111 cm³/mol. The van der Waals surface area contributed by atoms with Crippen molar-refractivity contribution in [3.05, 3.63) is 35.8 Å². The highest BCUT2D eigenvalue weighted by Gasteiger charge is 2.57. The molecule has 0 saturated heterocycles. The SMILES string of the molecule is C=C1CCC2C(C)(C(=O)OC)CCCC2(C)C1CCc1ccoc1C[NH+](C)C. The van der Waals surface area contributed by atoms with Gasteiger partial charge in [0.25, 0.3) is 0 Å². The van der Waals surface area contributed by atoms with Crippen LogP contribution in [0.25, 0.3) is 0 Å². The second kappa shape index (κ2) is 8.06. The van der Waals surface area contributed by atoms with E-state index >= 15 is 0 Å². The Labute approximate surface area is 170 Å². The summed E-state index contributed by atoms with van der Waals surface area (Å²) < 4.78 is 11.0. The number of esters is 1. The van der Waals surface area contributed by atoms with Crippen LogP contribution >= 0.6 is 0 Å². The van der Waals surface area contributed by atoms with Gasteiger partial charge >= 0.3 is 5.97 Å². The fourth-order valence-corrected chi connectivity index (χ4v) is 6.33. The molecule has 2 saturated carbocycles. The number of hydrogen-bond donors (Lipinski definition) is 1.